The molecule has 0 unspecified atom stereocenters. The Morgan fingerprint density at radius 3 is 2.67 bits per heavy atom. The van der Waals surface area contributed by atoms with E-state index >= 15 is 0 Å². The van der Waals surface area contributed by atoms with Crippen LogP contribution in [0.25, 0.3) is 0 Å². The van der Waals surface area contributed by atoms with Crippen molar-refractivity contribution in [3.05, 3.63) is 29.5 Å². The van der Waals surface area contributed by atoms with Gasteiger partial charge in [0.2, 0.25) is 6.41 Å². The lowest BCUT2D eigenvalue weighted by atomic mass is 10.2. The fourth-order valence-electron chi connectivity index (χ4n) is 2.89. The number of carbonyl (C=O) groups excluding carboxylic acids is 2. The summed E-state index contributed by atoms with van der Waals surface area (Å²) in [5.74, 6) is 1.48. The van der Waals surface area contributed by atoms with Gasteiger partial charge in [-0.05, 0) is 25.7 Å². The molecular weight excluding hydrogens is 346 g/mol. The Kier molecular flexibility index (Phi) is 7.15. The zero-order valence-corrected chi connectivity index (χ0v) is 16.8. The molecular formula is C19H29N5O3. The second-order valence-corrected chi connectivity index (χ2v) is 7.30. The summed E-state index contributed by atoms with van der Waals surface area (Å²) < 4.78 is 7.03. The first-order chi connectivity index (χ1) is 12.8. The van der Waals surface area contributed by atoms with Gasteiger partial charge < -0.3 is 18.9 Å². The standard InChI is InChI=1S/C19H29N5O3/c1-14(2)11-24-12-20-18(23(5)13-25)17(24)19(26)22(4)9-7-6-8-16-10-15(3)21-27-16/h10,12-14H,6-9,11H2,1-5H3. The third-order valence-corrected chi connectivity index (χ3v) is 4.27. The van der Waals surface area contributed by atoms with Crippen LogP contribution in [0.15, 0.2) is 16.9 Å². The van der Waals surface area contributed by atoms with E-state index in [0.29, 0.717) is 36.9 Å². The highest BCUT2D eigenvalue weighted by Crippen LogP contribution is 2.20. The van der Waals surface area contributed by atoms with E-state index < -0.39 is 0 Å². The zero-order chi connectivity index (χ0) is 20.0. The van der Waals surface area contributed by atoms with Gasteiger partial charge in [-0.1, -0.05) is 19.0 Å². The van der Waals surface area contributed by atoms with E-state index in [1.807, 2.05) is 17.6 Å². The van der Waals surface area contributed by atoms with Gasteiger partial charge in [0.15, 0.2) is 11.5 Å². The van der Waals surface area contributed by atoms with Crippen molar-refractivity contribution in [3.8, 4) is 0 Å². The third-order valence-electron chi connectivity index (χ3n) is 4.27. The number of anilines is 1. The summed E-state index contributed by atoms with van der Waals surface area (Å²) in [6.07, 6.45) is 4.84. The Morgan fingerprint density at radius 2 is 2.07 bits per heavy atom. The number of unbranched alkanes of at least 4 members (excludes halogenated alkanes) is 1. The first-order valence-corrected chi connectivity index (χ1v) is 9.24. The molecule has 0 aliphatic carbocycles. The summed E-state index contributed by atoms with van der Waals surface area (Å²) in [6.45, 7) is 7.33. The van der Waals surface area contributed by atoms with Crippen molar-refractivity contribution >= 4 is 18.1 Å². The molecule has 0 N–H and O–H groups in total. The molecule has 148 valence electrons. The van der Waals surface area contributed by atoms with Crippen LogP contribution < -0.4 is 4.90 Å². The van der Waals surface area contributed by atoms with E-state index in [1.165, 1.54) is 4.90 Å². The summed E-state index contributed by atoms with van der Waals surface area (Å²) in [6, 6.07) is 1.93. The molecule has 0 saturated carbocycles. The van der Waals surface area contributed by atoms with Gasteiger partial charge in [-0.25, -0.2) is 4.98 Å². The first-order valence-electron chi connectivity index (χ1n) is 9.24. The number of rotatable bonds is 10. The van der Waals surface area contributed by atoms with Crippen molar-refractivity contribution < 1.29 is 14.1 Å². The maximum Gasteiger partial charge on any atom is 0.274 e. The number of nitrogens with zero attached hydrogens (tertiary/aromatic N) is 5. The normalized spacial score (nSPS) is 11.0. The fourth-order valence-corrected chi connectivity index (χ4v) is 2.89. The number of carbonyl (C=O) groups is 2. The van der Waals surface area contributed by atoms with Gasteiger partial charge in [0.25, 0.3) is 5.91 Å². The van der Waals surface area contributed by atoms with E-state index in [-0.39, 0.29) is 5.91 Å². The summed E-state index contributed by atoms with van der Waals surface area (Å²) in [7, 11) is 3.38. The average molecular weight is 375 g/mol. The molecule has 2 rings (SSSR count). The molecule has 0 spiro atoms. The van der Waals surface area contributed by atoms with Crippen LogP contribution in [0.5, 0.6) is 0 Å². The van der Waals surface area contributed by atoms with E-state index in [0.717, 1.165) is 30.7 Å². The number of hydrogen-bond acceptors (Lipinski definition) is 5. The highest BCUT2D eigenvalue weighted by atomic mass is 16.5. The molecule has 0 saturated heterocycles. The molecule has 2 amide bonds. The maximum absolute atomic E-state index is 13.0. The van der Waals surface area contributed by atoms with Crippen LogP contribution in [-0.4, -0.2) is 52.6 Å². The molecule has 0 aliphatic heterocycles. The molecule has 2 aromatic heterocycles. The van der Waals surface area contributed by atoms with Gasteiger partial charge >= 0.3 is 0 Å². The van der Waals surface area contributed by atoms with Crippen LogP contribution in [0.3, 0.4) is 0 Å². The molecule has 0 atom stereocenters. The minimum absolute atomic E-state index is 0.132. The second-order valence-electron chi connectivity index (χ2n) is 7.30. The van der Waals surface area contributed by atoms with Gasteiger partial charge in [0.05, 0.1) is 12.0 Å². The van der Waals surface area contributed by atoms with Crippen molar-refractivity contribution in [2.75, 3.05) is 25.5 Å². The lowest BCUT2D eigenvalue weighted by molar-refractivity contribution is -0.107. The number of hydrogen-bond donors (Lipinski definition) is 0. The quantitative estimate of drug-likeness (QED) is 0.471. The topological polar surface area (TPSA) is 84.5 Å². The first kappa shape index (κ1) is 20.7. The molecule has 0 aromatic carbocycles. The van der Waals surface area contributed by atoms with Crippen LogP contribution in [0.1, 0.15) is 48.6 Å². The Labute approximate surface area is 160 Å². The Morgan fingerprint density at radius 1 is 1.33 bits per heavy atom. The summed E-state index contributed by atoms with van der Waals surface area (Å²) in [5, 5.41) is 3.88. The third kappa shape index (κ3) is 5.42. The van der Waals surface area contributed by atoms with Gasteiger partial charge in [-0.15, -0.1) is 0 Å². The molecule has 8 heteroatoms. The maximum atomic E-state index is 13.0. The van der Waals surface area contributed by atoms with Crippen LogP contribution >= 0.6 is 0 Å². The zero-order valence-electron chi connectivity index (χ0n) is 16.8. The molecule has 0 bridgehead atoms. The summed E-state index contributed by atoms with van der Waals surface area (Å²) in [5.41, 5.74) is 1.33. The smallest absolute Gasteiger partial charge is 0.274 e. The van der Waals surface area contributed by atoms with Crippen molar-refractivity contribution in [3.63, 3.8) is 0 Å². The number of aromatic nitrogens is 3. The van der Waals surface area contributed by atoms with Crippen LogP contribution in [0.4, 0.5) is 5.82 Å². The van der Waals surface area contributed by atoms with Crippen LogP contribution in [0.2, 0.25) is 0 Å². The van der Waals surface area contributed by atoms with Crippen molar-refractivity contribution in [2.45, 2.75) is 46.6 Å². The lowest BCUT2D eigenvalue weighted by Crippen LogP contribution is -2.32. The van der Waals surface area contributed by atoms with Crippen LogP contribution in [-0.2, 0) is 17.8 Å². The highest BCUT2D eigenvalue weighted by molar-refractivity contribution is 5.99. The number of amides is 2. The lowest BCUT2D eigenvalue weighted by Gasteiger charge is -2.20. The molecule has 0 fully saturated rings. The minimum atomic E-state index is -0.132. The van der Waals surface area contributed by atoms with E-state index in [9.17, 15) is 9.59 Å². The van der Waals surface area contributed by atoms with Gasteiger partial charge in [-0.3, -0.25) is 9.59 Å². The summed E-state index contributed by atoms with van der Waals surface area (Å²) in [4.78, 5) is 31.5. The highest BCUT2D eigenvalue weighted by Gasteiger charge is 2.24. The molecule has 0 radical (unpaired) electrons. The average Bonchev–Trinajstić information content (AvgIpc) is 3.22. The second kappa shape index (κ2) is 9.34. The Balaban J connectivity index is 2.01. The molecule has 0 aliphatic rings. The van der Waals surface area contributed by atoms with Crippen molar-refractivity contribution in [1.82, 2.24) is 19.6 Å². The van der Waals surface area contributed by atoms with E-state index in [1.54, 1.807) is 25.3 Å². The molecule has 27 heavy (non-hydrogen) atoms. The van der Waals surface area contributed by atoms with E-state index in [2.05, 4.69) is 24.0 Å². The van der Waals surface area contributed by atoms with Gasteiger partial charge in [0.1, 0.15) is 5.76 Å². The predicted octanol–water partition coefficient (Wildman–Crippen LogP) is 2.52. The largest absolute Gasteiger partial charge is 0.361 e. The molecule has 8 nitrogen and oxygen atoms in total. The summed E-state index contributed by atoms with van der Waals surface area (Å²) >= 11 is 0. The van der Waals surface area contributed by atoms with Crippen molar-refractivity contribution in [1.29, 1.82) is 0 Å². The SMILES string of the molecule is Cc1cc(CCCCN(C)C(=O)c2c(N(C)C=O)ncn2CC(C)C)on1. The van der Waals surface area contributed by atoms with Gasteiger partial charge in [-0.2, -0.15) is 0 Å². The Bertz CT molecular complexity index is 765. The Hall–Kier alpha value is -2.64. The molecule has 2 aromatic rings. The number of imidazole rings is 1. The van der Waals surface area contributed by atoms with Crippen molar-refractivity contribution in [2.24, 2.45) is 5.92 Å². The number of aryl methyl sites for hydroxylation is 2. The van der Waals surface area contributed by atoms with Gasteiger partial charge in [0, 0.05) is 39.7 Å². The monoisotopic (exact) mass is 375 g/mol. The van der Waals surface area contributed by atoms with E-state index in [4.69, 9.17) is 4.52 Å². The minimum Gasteiger partial charge on any atom is -0.361 e. The predicted molar refractivity (Wildman–Crippen MR) is 103 cm³/mol. The fraction of sp³-hybridized carbons (Fsp3) is 0.579. The molecule has 2 heterocycles. The van der Waals surface area contributed by atoms with Crippen LogP contribution in [0, 0.1) is 12.8 Å².